The molecule has 29 heavy (non-hydrogen) atoms. The minimum atomic E-state index is -3.90. The predicted octanol–water partition coefficient (Wildman–Crippen LogP) is 2.31. The number of nitrogens with zero attached hydrogens (tertiary/aromatic N) is 2. The molecule has 0 radical (unpaired) electrons. The van der Waals surface area contributed by atoms with Gasteiger partial charge in [0.05, 0.1) is 21.7 Å². The lowest BCUT2D eigenvalue weighted by Gasteiger charge is -2.05. The van der Waals surface area contributed by atoms with Crippen LogP contribution in [0.1, 0.15) is 17.3 Å². The molecule has 0 aliphatic heterocycles. The number of fused-ring (bicyclic) bond motifs is 1. The van der Waals surface area contributed by atoms with E-state index < -0.39 is 21.9 Å². The molecular weight excluding hydrogens is 438 g/mol. The number of amides is 1. The number of esters is 1. The van der Waals surface area contributed by atoms with Gasteiger partial charge in [0.25, 0.3) is 5.91 Å². The molecule has 1 aromatic heterocycles. The Kier molecular flexibility index (Phi) is 6.18. The monoisotopic (exact) mass is 453 g/mol. The number of primary sulfonamides is 1. The summed E-state index contributed by atoms with van der Waals surface area (Å²) < 4.78 is 30.3. The lowest BCUT2D eigenvalue weighted by Crippen LogP contribution is -2.23. The van der Waals surface area contributed by atoms with Gasteiger partial charge in [0.15, 0.2) is 4.80 Å². The second-order valence-corrected chi connectivity index (χ2v) is 8.88. The van der Waals surface area contributed by atoms with Gasteiger partial charge in [-0.3, -0.25) is 9.59 Å². The quantitative estimate of drug-likeness (QED) is 0.594. The fourth-order valence-electron chi connectivity index (χ4n) is 2.55. The van der Waals surface area contributed by atoms with Gasteiger partial charge < -0.3 is 9.30 Å². The van der Waals surface area contributed by atoms with E-state index in [2.05, 4.69) is 4.99 Å². The normalized spacial score (nSPS) is 12.3. The number of ether oxygens (including phenoxy) is 1. The molecule has 152 valence electrons. The van der Waals surface area contributed by atoms with Crippen LogP contribution in [-0.4, -0.2) is 31.5 Å². The van der Waals surface area contributed by atoms with Crippen molar-refractivity contribution >= 4 is 55.1 Å². The van der Waals surface area contributed by atoms with Crippen LogP contribution in [0.5, 0.6) is 0 Å². The highest BCUT2D eigenvalue weighted by atomic mass is 35.5. The van der Waals surface area contributed by atoms with Crippen molar-refractivity contribution in [1.82, 2.24) is 4.57 Å². The third kappa shape index (κ3) is 4.91. The molecule has 1 amide bonds. The molecular formula is C18H16ClN3O5S2. The van der Waals surface area contributed by atoms with Gasteiger partial charge in [0.2, 0.25) is 10.0 Å². The van der Waals surface area contributed by atoms with E-state index in [1.54, 1.807) is 19.1 Å². The molecule has 0 aliphatic carbocycles. The molecule has 0 spiro atoms. The van der Waals surface area contributed by atoms with E-state index in [-0.39, 0.29) is 22.8 Å². The highest BCUT2D eigenvalue weighted by Gasteiger charge is 2.16. The number of carbonyl (C=O) groups is 2. The fraction of sp³-hybridized carbons (Fsp3) is 0.167. The molecule has 2 N–H and O–H groups in total. The van der Waals surface area contributed by atoms with E-state index in [4.69, 9.17) is 21.5 Å². The second-order valence-electron chi connectivity index (χ2n) is 5.87. The summed E-state index contributed by atoms with van der Waals surface area (Å²) in [4.78, 5) is 28.8. The van der Waals surface area contributed by atoms with Gasteiger partial charge >= 0.3 is 5.97 Å². The van der Waals surface area contributed by atoms with Crippen LogP contribution in [0.25, 0.3) is 10.2 Å². The van der Waals surface area contributed by atoms with Gasteiger partial charge in [0.1, 0.15) is 6.54 Å². The molecule has 2 aromatic carbocycles. The van der Waals surface area contributed by atoms with Crippen LogP contribution < -0.4 is 9.94 Å². The maximum Gasteiger partial charge on any atom is 0.326 e. The first kappa shape index (κ1) is 21.2. The summed E-state index contributed by atoms with van der Waals surface area (Å²) in [7, 11) is -3.90. The number of benzene rings is 2. The highest BCUT2D eigenvalue weighted by Crippen LogP contribution is 2.21. The van der Waals surface area contributed by atoms with Crippen LogP contribution in [0.3, 0.4) is 0 Å². The number of aromatic nitrogens is 1. The van der Waals surface area contributed by atoms with E-state index in [1.807, 2.05) is 0 Å². The van der Waals surface area contributed by atoms with E-state index in [0.29, 0.717) is 20.8 Å². The molecule has 3 aromatic rings. The van der Waals surface area contributed by atoms with Crippen LogP contribution in [0, 0.1) is 0 Å². The summed E-state index contributed by atoms with van der Waals surface area (Å²) in [5, 5.41) is 5.67. The van der Waals surface area contributed by atoms with Crippen LogP contribution in [0.4, 0.5) is 0 Å². The van der Waals surface area contributed by atoms with Gasteiger partial charge in [-0.05, 0) is 49.4 Å². The van der Waals surface area contributed by atoms with Crippen LogP contribution in [0.15, 0.2) is 52.4 Å². The summed E-state index contributed by atoms with van der Waals surface area (Å²) in [6.45, 7) is 1.70. The van der Waals surface area contributed by atoms with Gasteiger partial charge in [-0.1, -0.05) is 22.9 Å². The lowest BCUT2D eigenvalue weighted by molar-refractivity contribution is -0.143. The maximum absolute atomic E-state index is 12.5. The Morgan fingerprint density at radius 2 is 1.90 bits per heavy atom. The highest BCUT2D eigenvalue weighted by molar-refractivity contribution is 7.89. The van der Waals surface area contributed by atoms with Crippen molar-refractivity contribution in [3.63, 3.8) is 0 Å². The number of sulfonamides is 1. The number of carbonyl (C=O) groups excluding carboxylic acids is 2. The predicted molar refractivity (Wildman–Crippen MR) is 109 cm³/mol. The number of hydrogen-bond donors (Lipinski definition) is 1. The minimum absolute atomic E-state index is 0.0786. The maximum atomic E-state index is 12.5. The average molecular weight is 454 g/mol. The zero-order valence-corrected chi connectivity index (χ0v) is 17.6. The molecule has 11 heteroatoms. The number of hydrogen-bond acceptors (Lipinski definition) is 6. The van der Waals surface area contributed by atoms with Gasteiger partial charge in [0, 0.05) is 10.6 Å². The van der Waals surface area contributed by atoms with Crippen molar-refractivity contribution < 1.29 is 22.7 Å². The van der Waals surface area contributed by atoms with Gasteiger partial charge in [-0.25, -0.2) is 13.6 Å². The Balaban J connectivity index is 2.16. The second kappa shape index (κ2) is 8.46. The summed E-state index contributed by atoms with van der Waals surface area (Å²) in [6, 6.07) is 10.4. The third-order valence-corrected chi connectivity index (χ3v) is 6.07. The van der Waals surface area contributed by atoms with Crippen LogP contribution in [0.2, 0.25) is 5.02 Å². The molecule has 0 saturated heterocycles. The molecule has 3 rings (SSSR count). The zero-order valence-electron chi connectivity index (χ0n) is 15.2. The molecule has 0 atom stereocenters. The SMILES string of the molecule is CCOC(=O)Cn1c(=NC(=O)c2ccc(Cl)cc2)sc2cc(S(N)(=O)=O)ccc21. The Morgan fingerprint density at radius 1 is 1.21 bits per heavy atom. The Labute approximate surface area is 175 Å². The van der Waals surface area contributed by atoms with E-state index in [1.165, 1.54) is 34.9 Å². The topological polar surface area (TPSA) is 121 Å². The van der Waals surface area contributed by atoms with Crippen molar-refractivity contribution in [1.29, 1.82) is 0 Å². The summed E-state index contributed by atoms with van der Waals surface area (Å²) in [6.07, 6.45) is 0. The Bertz CT molecular complexity index is 1260. The molecule has 0 unspecified atom stereocenters. The lowest BCUT2D eigenvalue weighted by atomic mass is 10.2. The number of rotatable bonds is 5. The first-order valence-corrected chi connectivity index (χ1v) is 11.1. The first-order valence-electron chi connectivity index (χ1n) is 8.35. The minimum Gasteiger partial charge on any atom is -0.465 e. The Hall–Kier alpha value is -2.53. The van der Waals surface area contributed by atoms with Crippen molar-refractivity contribution in [2.24, 2.45) is 10.1 Å². The molecule has 0 bridgehead atoms. The van der Waals surface area contributed by atoms with Gasteiger partial charge in [-0.2, -0.15) is 4.99 Å². The van der Waals surface area contributed by atoms with Crippen LogP contribution >= 0.6 is 22.9 Å². The number of thiazole rings is 1. The van der Waals surface area contributed by atoms with Crippen molar-refractivity contribution in [2.45, 2.75) is 18.4 Å². The van der Waals surface area contributed by atoms with Crippen molar-refractivity contribution in [3.05, 3.63) is 57.9 Å². The van der Waals surface area contributed by atoms with Crippen LogP contribution in [-0.2, 0) is 26.1 Å². The summed E-state index contributed by atoms with van der Waals surface area (Å²) in [5.74, 6) is -1.04. The molecule has 8 nitrogen and oxygen atoms in total. The van der Waals surface area contributed by atoms with E-state index in [0.717, 1.165) is 11.3 Å². The zero-order chi connectivity index (χ0) is 21.2. The van der Waals surface area contributed by atoms with Gasteiger partial charge in [-0.15, -0.1) is 0 Å². The fourth-order valence-corrected chi connectivity index (χ4v) is 4.36. The standard InChI is InChI=1S/C18H16ClN3O5S2/c1-2-27-16(23)10-22-14-8-7-13(29(20,25)26)9-15(14)28-18(22)21-17(24)11-3-5-12(19)6-4-11/h3-9H,2,10H2,1H3,(H2,20,25,26). The largest absolute Gasteiger partial charge is 0.465 e. The van der Waals surface area contributed by atoms with E-state index in [9.17, 15) is 18.0 Å². The smallest absolute Gasteiger partial charge is 0.326 e. The Morgan fingerprint density at radius 3 is 2.52 bits per heavy atom. The summed E-state index contributed by atoms with van der Waals surface area (Å²) >= 11 is 6.90. The first-order chi connectivity index (χ1) is 13.7. The molecule has 1 heterocycles. The third-order valence-electron chi connectivity index (χ3n) is 3.86. The average Bonchev–Trinajstić information content (AvgIpc) is 2.98. The van der Waals surface area contributed by atoms with E-state index >= 15 is 0 Å². The molecule has 0 aliphatic rings. The summed E-state index contributed by atoms with van der Waals surface area (Å²) in [5.41, 5.74) is 0.845. The number of nitrogens with two attached hydrogens (primary N) is 1. The number of halogens is 1. The van der Waals surface area contributed by atoms with Crippen molar-refractivity contribution in [2.75, 3.05) is 6.61 Å². The molecule has 0 saturated carbocycles. The molecule has 0 fully saturated rings. The van der Waals surface area contributed by atoms with Crippen molar-refractivity contribution in [3.8, 4) is 0 Å².